The van der Waals surface area contributed by atoms with E-state index < -0.39 is 0 Å². The summed E-state index contributed by atoms with van der Waals surface area (Å²) in [5.41, 5.74) is 8.36. The van der Waals surface area contributed by atoms with E-state index >= 15 is 0 Å². The Morgan fingerprint density at radius 3 is 2.47 bits per heavy atom. The lowest BCUT2D eigenvalue weighted by atomic mass is 10.1. The molecule has 1 atom stereocenters. The molecule has 0 bridgehead atoms. The Balaban J connectivity index is 2.46. The molecule has 2 N–H and O–H groups in total. The van der Waals surface area contributed by atoms with Crippen LogP contribution >= 0.6 is 22.6 Å². The first kappa shape index (κ1) is 12.4. The smallest absolute Gasteiger partial charge is 0.136 e. The number of halogens is 1. The minimum atomic E-state index is 0.221. The zero-order valence-corrected chi connectivity index (χ0v) is 12.2. The van der Waals surface area contributed by atoms with Gasteiger partial charge < -0.3 is 5.73 Å². The SMILES string of the molecule is CCC(c1ccccc1)n1nc(C)c(I)c1N. The first-order valence-corrected chi connectivity index (χ1v) is 6.78. The van der Waals surface area contributed by atoms with Crippen LogP contribution in [0.2, 0.25) is 0 Å². The Morgan fingerprint density at radius 1 is 1.35 bits per heavy atom. The number of hydrogen-bond donors (Lipinski definition) is 1. The predicted molar refractivity (Wildman–Crippen MR) is 79.0 cm³/mol. The number of anilines is 1. The molecule has 2 rings (SSSR count). The van der Waals surface area contributed by atoms with Crippen LogP contribution < -0.4 is 5.73 Å². The van der Waals surface area contributed by atoms with Crippen molar-refractivity contribution in [3.8, 4) is 0 Å². The molecule has 0 aliphatic heterocycles. The van der Waals surface area contributed by atoms with E-state index in [4.69, 9.17) is 5.73 Å². The van der Waals surface area contributed by atoms with Gasteiger partial charge in [0.1, 0.15) is 5.82 Å². The average Bonchev–Trinajstić information content (AvgIpc) is 2.60. The standard InChI is InChI=1S/C13H16IN3/c1-3-11(10-7-5-4-6-8-10)17-13(15)12(14)9(2)16-17/h4-8,11H,3,15H2,1-2H3. The quantitative estimate of drug-likeness (QED) is 0.870. The van der Waals surface area contributed by atoms with E-state index in [1.165, 1.54) is 5.56 Å². The van der Waals surface area contributed by atoms with Gasteiger partial charge >= 0.3 is 0 Å². The number of aromatic nitrogens is 2. The Kier molecular flexibility index (Phi) is 3.71. The van der Waals surface area contributed by atoms with Crippen LogP contribution in [0.4, 0.5) is 5.82 Å². The fourth-order valence-corrected chi connectivity index (χ4v) is 2.36. The Labute approximate surface area is 115 Å². The van der Waals surface area contributed by atoms with Crippen molar-refractivity contribution in [2.45, 2.75) is 26.3 Å². The highest BCUT2D eigenvalue weighted by molar-refractivity contribution is 14.1. The Hall–Kier alpha value is -1.04. The summed E-state index contributed by atoms with van der Waals surface area (Å²) in [6.45, 7) is 4.15. The van der Waals surface area contributed by atoms with Crippen molar-refractivity contribution in [2.75, 3.05) is 5.73 Å². The first-order chi connectivity index (χ1) is 8.15. The van der Waals surface area contributed by atoms with E-state index in [0.717, 1.165) is 21.5 Å². The maximum Gasteiger partial charge on any atom is 0.136 e. The van der Waals surface area contributed by atoms with Gasteiger partial charge in [0.25, 0.3) is 0 Å². The number of aryl methyl sites for hydroxylation is 1. The normalized spacial score (nSPS) is 12.6. The van der Waals surface area contributed by atoms with Crippen molar-refractivity contribution < 1.29 is 0 Å². The van der Waals surface area contributed by atoms with E-state index in [-0.39, 0.29) is 6.04 Å². The van der Waals surface area contributed by atoms with Crippen LogP contribution in [-0.2, 0) is 0 Å². The molecule has 0 saturated heterocycles. The largest absolute Gasteiger partial charge is 0.383 e. The summed E-state index contributed by atoms with van der Waals surface area (Å²) < 4.78 is 2.99. The third kappa shape index (κ3) is 2.31. The van der Waals surface area contributed by atoms with Gasteiger partial charge in [-0.15, -0.1) is 0 Å². The highest BCUT2D eigenvalue weighted by Crippen LogP contribution is 2.28. The molecule has 0 radical (unpaired) electrons. The van der Waals surface area contributed by atoms with Crippen LogP contribution in [0.25, 0.3) is 0 Å². The molecule has 4 heteroatoms. The molecule has 1 aromatic heterocycles. The van der Waals surface area contributed by atoms with E-state index in [2.05, 4.69) is 58.9 Å². The van der Waals surface area contributed by atoms with Gasteiger partial charge in [0.2, 0.25) is 0 Å². The van der Waals surface area contributed by atoms with Crippen LogP contribution in [0, 0.1) is 10.5 Å². The van der Waals surface area contributed by atoms with Crippen molar-refractivity contribution in [1.29, 1.82) is 0 Å². The maximum atomic E-state index is 6.11. The molecule has 17 heavy (non-hydrogen) atoms. The van der Waals surface area contributed by atoms with E-state index in [1.807, 2.05) is 17.7 Å². The molecule has 90 valence electrons. The lowest BCUT2D eigenvalue weighted by Gasteiger charge is -2.17. The highest BCUT2D eigenvalue weighted by Gasteiger charge is 2.18. The van der Waals surface area contributed by atoms with E-state index in [0.29, 0.717) is 0 Å². The zero-order valence-electron chi connectivity index (χ0n) is 10.0. The molecule has 1 heterocycles. The van der Waals surface area contributed by atoms with Crippen molar-refractivity contribution in [3.05, 3.63) is 45.2 Å². The molecular formula is C13H16IN3. The van der Waals surface area contributed by atoms with Crippen molar-refractivity contribution in [3.63, 3.8) is 0 Å². The van der Waals surface area contributed by atoms with Gasteiger partial charge in [-0.25, -0.2) is 4.68 Å². The van der Waals surface area contributed by atoms with Gasteiger partial charge in [-0.2, -0.15) is 5.10 Å². The van der Waals surface area contributed by atoms with Crippen LogP contribution in [-0.4, -0.2) is 9.78 Å². The zero-order chi connectivity index (χ0) is 12.4. The summed E-state index contributed by atoms with van der Waals surface area (Å²) in [7, 11) is 0. The second-order valence-electron chi connectivity index (χ2n) is 4.06. The van der Waals surface area contributed by atoms with Crippen LogP contribution in [0.15, 0.2) is 30.3 Å². The number of hydrogen-bond acceptors (Lipinski definition) is 2. The van der Waals surface area contributed by atoms with Gasteiger partial charge in [0.05, 0.1) is 15.3 Å². The van der Waals surface area contributed by atoms with Gasteiger partial charge in [0.15, 0.2) is 0 Å². The summed E-state index contributed by atoms with van der Waals surface area (Å²) >= 11 is 2.25. The fraction of sp³-hybridized carbons (Fsp3) is 0.308. The summed E-state index contributed by atoms with van der Waals surface area (Å²) in [5, 5.41) is 4.54. The van der Waals surface area contributed by atoms with Gasteiger partial charge in [-0.1, -0.05) is 37.3 Å². The first-order valence-electron chi connectivity index (χ1n) is 5.70. The number of nitrogens with two attached hydrogens (primary N) is 1. The molecule has 0 saturated carbocycles. The molecule has 0 fully saturated rings. The van der Waals surface area contributed by atoms with Gasteiger partial charge in [-0.05, 0) is 41.5 Å². The molecule has 3 nitrogen and oxygen atoms in total. The van der Waals surface area contributed by atoms with Crippen molar-refractivity contribution in [1.82, 2.24) is 9.78 Å². The van der Waals surface area contributed by atoms with Crippen LogP contribution in [0.5, 0.6) is 0 Å². The molecule has 1 unspecified atom stereocenters. The molecular weight excluding hydrogens is 325 g/mol. The van der Waals surface area contributed by atoms with Gasteiger partial charge in [-0.3, -0.25) is 0 Å². The third-order valence-electron chi connectivity index (χ3n) is 2.91. The molecule has 0 aliphatic rings. The number of nitrogens with zero attached hydrogens (tertiary/aromatic N) is 2. The van der Waals surface area contributed by atoms with Crippen molar-refractivity contribution >= 4 is 28.4 Å². The average molecular weight is 341 g/mol. The second kappa shape index (κ2) is 5.08. The lowest BCUT2D eigenvalue weighted by molar-refractivity contribution is 0.513. The fourth-order valence-electron chi connectivity index (χ4n) is 2.01. The summed E-state index contributed by atoms with van der Waals surface area (Å²) in [6, 6.07) is 10.6. The van der Waals surface area contributed by atoms with E-state index in [1.54, 1.807) is 0 Å². The topological polar surface area (TPSA) is 43.8 Å². The monoisotopic (exact) mass is 341 g/mol. The maximum absolute atomic E-state index is 6.11. The van der Waals surface area contributed by atoms with Crippen LogP contribution in [0.3, 0.4) is 0 Å². The molecule has 0 spiro atoms. The lowest BCUT2D eigenvalue weighted by Crippen LogP contribution is -2.14. The molecule has 0 aliphatic carbocycles. The number of rotatable bonds is 3. The van der Waals surface area contributed by atoms with E-state index in [9.17, 15) is 0 Å². The number of nitrogen functional groups attached to an aromatic ring is 1. The number of benzene rings is 1. The summed E-state index contributed by atoms with van der Waals surface area (Å²) in [5.74, 6) is 0.763. The van der Waals surface area contributed by atoms with Gasteiger partial charge in [0, 0.05) is 0 Å². The Morgan fingerprint density at radius 2 is 2.00 bits per heavy atom. The summed E-state index contributed by atoms with van der Waals surface area (Å²) in [4.78, 5) is 0. The van der Waals surface area contributed by atoms with Crippen molar-refractivity contribution in [2.24, 2.45) is 0 Å². The minimum Gasteiger partial charge on any atom is -0.383 e. The summed E-state index contributed by atoms with van der Waals surface area (Å²) in [6.07, 6.45) is 0.978. The highest BCUT2D eigenvalue weighted by atomic mass is 127. The molecule has 0 amide bonds. The minimum absolute atomic E-state index is 0.221. The molecule has 1 aromatic carbocycles. The molecule has 2 aromatic rings. The third-order valence-corrected chi connectivity index (χ3v) is 4.25. The predicted octanol–water partition coefficient (Wildman–Crippen LogP) is 3.38. The Bertz CT molecular complexity index is 505. The second-order valence-corrected chi connectivity index (χ2v) is 5.14. The van der Waals surface area contributed by atoms with Crippen LogP contribution in [0.1, 0.15) is 30.6 Å².